The van der Waals surface area contributed by atoms with Crippen LogP contribution in [0.25, 0.3) is 10.2 Å². The molecule has 0 amide bonds. The number of aliphatic hydroxyl groups is 2. The van der Waals surface area contributed by atoms with Crippen LogP contribution in [0.2, 0.25) is 0 Å². The number of nitrogens with one attached hydrogen (secondary N) is 2. The van der Waals surface area contributed by atoms with Gasteiger partial charge in [0.25, 0.3) is 0 Å². The van der Waals surface area contributed by atoms with Gasteiger partial charge in [0, 0.05) is 12.2 Å². The Bertz CT molecular complexity index is 535. The third kappa shape index (κ3) is 2.59. The molecule has 0 aliphatic carbocycles. The predicted molar refractivity (Wildman–Crippen MR) is 68.6 cm³/mol. The van der Waals surface area contributed by atoms with E-state index >= 15 is 0 Å². The number of H-pyrrole nitrogens is 1. The van der Waals surface area contributed by atoms with E-state index in [0.717, 1.165) is 19.9 Å². The molecular formula is C10H12N2O2S2. The molecule has 0 aliphatic rings. The minimum absolute atomic E-state index is 0.238. The van der Waals surface area contributed by atoms with E-state index in [4.69, 9.17) is 17.3 Å². The fraction of sp³-hybridized carbons (Fsp3) is 0.300. The third-order valence-electron chi connectivity index (χ3n) is 2.17. The summed E-state index contributed by atoms with van der Waals surface area (Å²) < 4.78 is 1.83. The van der Waals surface area contributed by atoms with Gasteiger partial charge in [-0.2, -0.15) is 0 Å². The zero-order valence-corrected chi connectivity index (χ0v) is 10.1. The third-order valence-corrected chi connectivity index (χ3v) is 3.37. The van der Waals surface area contributed by atoms with Crippen molar-refractivity contribution >= 4 is 39.5 Å². The van der Waals surface area contributed by atoms with E-state index < -0.39 is 6.10 Å². The molecule has 0 bridgehead atoms. The number of hydrogen-bond donors (Lipinski definition) is 4. The maximum Gasteiger partial charge on any atom is 0.159 e. The maximum absolute atomic E-state index is 9.20. The number of aliphatic hydroxyl groups excluding tert-OH is 2. The number of thiazole rings is 1. The van der Waals surface area contributed by atoms with Gasteiger partial charge in [0.2, 0.25) is 0 Å². The second kappa shape index (κ2) is 4.92. The number of aromatic nitrogens is 1. The summed E-state index contributed by atoms with van der Waals surface area (Å²) in [7, 11) is 0. The molecule has 1 atom stereocenters. The maximum atomic E-state index is 9.20. The van der Waals surface area contributed by atoms with Crippen LogP contribution in [0.5, 0.6) is 0 Å². The number of rotatable bonds is 4. The zero-order valence-electron chi connectivity index (χ0n) is 8.43. The van der Waals surface area contributed by atoms with Gasteiger partial charge in [0.05, 0.1) is 22.9 Å². The highest BCUT2D eigenvalue weighted by atomic mass is 32.1. The van der Waals surface area contributed by atoms with Crippen molar-refractivity contribution in [3.05, 3.63) is 22.2 Å². The van der Waals surface area contributed by atoms with Crippen LogP contribution in [0.1, 0.15) is 0 Å². The van der Waals surface area contributed by atoms with Crippen LogP contribution in [0.3, 0.4) is 0 Å². The molecule has 6 heteroatoms. The predicted octanol–water partition coefficient (Wildman–Crippen LogP) is 1.72. The highest BCUT2D eigenvalue weighted by Gasteiger charge is 2.02. The van der Waals surface area contributed by atoms with E-state index in [1.165, 1.54) is 11.3 Å². The van der Waals surface area contributed by atoms with E-state index in [-0.39, 0.29) is 6.61 Å². The average Bonchev–Trinajstić information content (AvgIpc) is 2.65. The van der Waals surface area contributed by atoms with Crippen molar-refractivity contribution in [2.75, 3.05) is 18.5 Å². The Morgan fingerprint density at radius 2 is 2.31 bits per heavy atom. The van der Waals surface area contributed by atoms with Gasteiger partial charge in [-0.15, -0.1) is 11.3 Å². The lowest BCUT2D eigenvalue weighted by Crippen LogP contribution is -2.22. The molecule has 2 aromatic rings. The van der Waals surface area contributed by atoms with Crippen molar-refractivity contribution in [3.63, 3.8) is 0 Å². The lowest BCUT2D eigenvalue weighted by molar-refractivity contribution is 0.105. The molecule has 0 saturated heterocycles. The Labute approximate surface area is 102 Å². The first-order chi connectivity index (χ1) is 7.69. The second-order valence-corrected chi connectivity index (χ2v) is 5.16. The lowest BCUT2D eigenvalue weighted by atomic mass is 10.3. The average molecular weight is 256 g/mol. The molecule has 1 unspecified atom stereocenters. The highest BCUT2D eigenvalue weighted by molar-refractivity contribution is 7.73. The summed E-state index contributed by atoms with van der Waals surface area (Å²) in [6, 6.07) is 5.82. The summed E-state index contributed by atoms with van der Waals surface area (Å²) in [4.78, 5) is 3.08. The second-order valence-electron chi connectivity index (χ2n) is 3.44. The Balaban J connectivity index is 2.16. The first-order valence-corrected chi connectivity index (χ1v) is 6.07. The molecule has 1 aromatic heterocycles. The van der Waals surface area contributed by atoms with Crippen LogP contribution in [0.4, 0.5) is 5.69 Å². The first-order valence-electron chi connectivity index (χ1n) is 4.84. The molecule has 2 rings (SSSR count). The molecule has 0 aliphatic heterocycles. The quantitative estimate of drug-likeness (QED) is 0.629. The van der Waals surface area contributed by atoms with Gasteiger partial charge >= 0.3 is 0 Å². The van der Waals surface area contributed by atoms with Crippen LogP contribution in [0.15, 0.2) is 18.2 Å². The molecular weight excluding hydrogens is 244 g/mol. The number of anilines is 1. The molecule has 4 N–H and O–H groups in total. The zero-order chi connectivity index (χ0) is 11.5. The number of aromatic amines is 1. The largest absolute Gasteiger partial charge is 0.394 e. The number of hydrogen-bond acceptors (Lipinski definition) is 5. The summed E-state index contributed by atoms with van der Waals surface area (Å²) >= 11 is 6.56. The van der Waals surface area contributed by atoms with E-state index in [1.807, 2.05) is 18.2 Å². The van der Waals surface area contributed by atoms with Crippen LogP contribution < -0.4 is 5.32 Å². The fourth-order valence-electron chi connectivity index (χ4n) is 1.36. The van der Waals surface area contributed by atoms with Crippen LogP contribution in [-0.4, -0.2) is 34.5 Å². The van der Waals surface area contributed by atoms with Crippen molar-refractivity contribution in [1.82, 2.24) is 4.98 Å². The standard InChI is InChI=1S/C10H12N2O2S2/c13-5-7(14)4-11-6-1-2-8-9(3-6)16-10(15)12-8/h1-3,7,11,13-14H,4-5H2,(H,12,15). The molecule has 0 radical (unpaired) electrons. The summed E-state index contributed by atoms with van der Waals surface area (Å²) in [5.74, 6) is 0. The van der Waals surface area contributed by atoms with Gasteiger partial charge in [-0.05, 0) is 30.4 Å². The fourth-order valence-corrected chi connectivity index (χ4v) is 2.51. The molecule has 86 valence electrons. The molecule has 1 heterocycles. The van der Waals surface area contributed by atoms with Crippen molar-refractivity contribution in [2.24, 2.45) is 0 Å². The Morgan fingerprint density at radius 3 is 3.06 bits per heavy atom. The summed E-state index contributed by atoms with van der Waals surface area (Å²) in [6.45, 7) is 0.0934. The van der Waals surface area contributed by atoms with Gasteiger partial charge in [-0.1, -0.05) is 0 Å². The van der Waals surface area contributed by atoms with E-state index in [0.29, 0.717) is 6.54 Å². The monoisotopic (exact) mass is 256 g/mol. The van der Waals surface area contributed by atoms with Crippen molar-refractivity contribution < 1.29 is 10.2 Å². The van der Waals surface area contributed by atoms with Gasteiger partial charge < -0.3 is 20.5 Å². The van der Waals surface area contributed by atoms with Gasteiger partial charge in [-0.3, -0.25) is 0 Å². The molecule has 1 aromatic carbocycles. The van der Waals surface area contributed by atoms with E-state index in [1.54, 1.807) is 0 Å². The number of fused-ring (bicyclic) bond motifs is 1. The van der Waals surface area contributed by atoms with Crippen LogP contribution >= 0.6 is 23.6 Å². The van der Waals surface area contributed by atoms with Gasteiger partial charge in [0.1, 0.15) is 0 Å². The molecule has 16 heavy (non-hydrogen) atoms. The minimum atomic E-state index is -0.736. The number of benzene rings is 1. The Kier molecular flexibility index (Phi) is 3.55. The minimum Gasteiger partial charge on any atom is -0.394 e. The molecule has 0 saturated carbocycles. The first kappa shape index (κ1) is 11.5. The van der Waals surface area contributed by atoms with Crippen molar-refractivity contribution in [3.8, 4) is 0 Å². The molecule has 4 nitrogen and oxygen atoms in total. The van der Waals surface area contributed by atoms with Crippen molar-refractivity contribution in [1.29, 1.82) is 0 Å². The van der Waals surface area contributed by atoms with Crippen molar-refractivity contribution in [2.45, 2.75) is 6.10 Å². The lowest BCUT2D eigenvalue weighted by Gasteiger charge is -2.09. The van der Waals surface area contributed by atoms with Crippen LogP contribution in [0, 0.1) is 3.95 Å². The summed E-state index contributed by atoms with van der Waals surface area (Å²) in [6.07, 6.45) is -0.736. The molecule has 0 spiro atoms. The molecule has 0 fully saturated rings. The normalized spacial score (nSPS) is 12.9. The Hall–Kier alpha value is -0.950. The Morgan fingerprint density at radius 1 is 1.50 bits per heavy atom. The van der Waals surface area contributed by atoms with E-state index in [9.17, 15) is 5.11 Å². The van der Waals surface area contributed by atoms with E-state index in [2.05, 4.69) is 10.3 Å². The SMILES string of the molecule is OCC(O)CNc1ccc2[nH]c(=S)sc2c1. The smallest absolute Gasteiger partial charge is 0.159 e. The van der Waals surface area contributed by atoms with Gasteiger partial charge in [-0.25, -0.2) is 0 Å². The van der Waals surface area contributed by atoms with Gasteiger partial charge in [0.15, 0.2) is 3.95 Å². The highest BCUT2D eigenvalue weighted by Crippen LogP contribution is 2.22. The topological polar surface area (TPSA) is 68.3 Å². The summed E-state index contributed by atoms with van der Waals surface area (Å²) in [5, 5.41) is 20.9. The van der Waals surface area contributed by atoms with Crippen LogP contribution in [-0.2, 0) is 0 Å². The summed E-state index contributed by atoms with van der Waals surface area (Å²) in [5.41, 5.74) is 1.92.